The van der Waals surface area contributed by atoms with E-state index in [1.54, 1.807) is 30.9 Å². The van der Waals surface area contributed by atoms with Gasteiger partial charge in [-0.05, 0) is 56.5 Å². The normalized spacial score (nSPS) is 11.7. The molecule has 0 heterocycles. The van der Waals surface area contributed by atoms with Crippen molar-refractivity contribution >= 4 is 32.2 Å². The Labute approximate surface area is 160 Å². The second-order valence-electron chi connectivity index (χ2n) is 6.67. The summed E-state index contributed by atoms with van der Waals surface area (Å²) in [6.07, 6.45) is 0. The molecule has 0 aromatic heterocycles. The van der Waals surface area contributed by atoms with Crippen LogP contribution in [0, 0.1) is 0 Å². The number of hydrogen-bond acceptors (Lipinski definition) is 3. The lowest BCUT2D eigenvalue weighted by molar-refractivity contribution is 0.0988. The van der Waals surface area contributed by atoms with Crippen LogP contribution in [0.5, 0.6) is 0 Å². The first-order chi connectivity index (χ1) is 12.9. The van der Waals surface area contributed by atoms with E-state index in [2.05, 4.69) is 0 Å². The molecule has 0 spiro atoms. The van der Waals surface area contributed by atoms with Gasteiger partial charge in [0.05, 0.1) is 15.8 Å². The Morgan fingerprint density at radius 1 is 0.926 bits per heavy atom. The summed E-state index contributed by atoms with van der Waals surface area (Å²) in [5, 5.41) is 1.58. The molecule has 0 N–H and O–H groups in total. The third kappa shape index (κ3) is 3.60. The molecule has 3 aromatic carbocycles. The highest BCUT2D eigenvalue weighted by molar-refractivity contribution is 7.92. The van der Waals surface area contributed by atoms with Gasteiger partial charge in [-0.3, -0.25) is 4.79 Å². The van der Waals surface area contributed by atoms with Gasteiger partial charge in [0.15, 0.2) is 9.84 Å². The van der Waals surface area contributed by atoms with E-state index in [0.717, 1.165) is 16.5 Å². The molecule has 0 saturated heterocycles. The number of amides is 1. The number of carbonyl (C=O) groups excluding carboxylic acids is 1. The first kappa shape index (κ1) is 19.1. The molecule has 3 rings (SSSR count). The number of hydrogen-bond donors (Lipinski definition) is 0. The molecule has 27 heavy (non-hydrogen) atoms. The smallest absolute Gasteiger partial charge is 0.258 e. The van der Waals surface area contributed by atoms with E-state index in [4.69, 9.17) is 0 Å². The van der Waals surface area contributed by atoms with Crippen LogP contribution in [0.1, 0.15) is 31.1 Å². The predicted molar refractivity (Wildman–Crippen MR) is 110 cm³/mol. The van der Waals surface area contributed by atoms with Gasteiger partial charge in [-0.2, -0.15) is 0 Å². The van der Waals surface area contributed by atoms with Crippen molar-refractivity contribution in [1.29, 1.82) is 0 Å². The predicted octanol–water partition coefficient (Wildman–Crippen LogP) is 4.69. The SMILES string of the molecule is CCN(C(=O)c1ccc(S(=O)(=O)C(C)C)cc1)c1cccc2ccccc12. The quantitative estimate of drug-likeness (QED) is 0.644. The van der Waals surface area contributed by atoms with Crippen molar-refractivity contribution in [3.63, 3.8) is 0 Å². The second kappa shape index (κ2) is 7.53. The topological polar surface area (TPSA) is 54.5 Å². The van der Waals surface area contributed by atoms with Crippen LogP contribution in [0.25, 0.3) is 10.8 Å². The lowest BCUT2D eigenvalue weighted by Crippen LogP contribution is -2.30. The van der Waals surface area contributed by atoms with E-state index in [1.807, 2.05) is 49.4 Å². The summed E-state index contributed by atoms with van der Waals surface area (Å²) in [6, 6.07) is 20.0. The molecule has 0 aliphatic heterocycles. The van der Waals surface area contributed by atoms with Gasteiger partial charge in [0.1, 0.15) is 0 Å². The second-order valence-corrected chi connectivity index (χ2v) is 9.17. The molecule has 0 aliphatic rings. The van der Waals surface area contributed by atoms with Crippen molar-refractivity contribution in [2.45, 2.75) is 30.9 Å². The summed E-state index contributed by atoms with van der Waals surface area (Å²) in [6.45, 7) is 5.73. The molecule has 4 nitrogen and oxygen atoms in total. The lowest BCUT2D eigenvalue weighted by atomic mass is 10.1. The van der Waals surface area contributed by atoms with E-state index in [0.29, 0.717) is 12.1 Å². The van der Waals surface area contributed by atoms with Crippen LogP contribution < -0.4 is 4.90 Å². The zero-order valence-electron chi connectivity index (χ0n) is 15.7. The van der Waals surface area contributed by atoms with E-state index < -0.39 is 15.1 Å². The van der Waals surface area contributed by atoms with Crippen molar-refractivity contribution in [3.05, 3.63) is 72.3 Å². The maximum absolute atomic E-state index is 13.1. The number of benzene rings is 3. The average Bonchev–Trinajstić information content (AvgIpc) is 2.68. The van der Waals surface area contributed by atoms with Crippen LogP contribution in [0.15, 0.2) is 71.6 Å². The Hall–Kier alpha value is -2.66. The molecule has 0 aliphatic carbocycles. The van der Waals surface area contributed by atoms with Gasteiger partial charge in [-0.15, -0.1) is 0 Å². The molecular weight excluding hydrogens is 358 g/mol. The molecular formula is C22H23NO3S. The number of anilines is 1. The van der Waals surface area contributed by atoms with Crippen LogP contribution in [0.4, 0.5) is 5.69 Å². The van der Waals surface area contributed by atoms with Gasteiger partial charge in [-0.25, -0.2) is 8.42 Å². The van der Waals surface area contributed by atoms with Crippen LogP contribution in [-0.2, 0) is 9.84 Å². The molecule has 0 saturated carbocycles. The van der Waals surface area contributed by atoms with Gasteiger partial charge in [0, 0.05) is 17.5 Å². The fourth-order valence-electron chi connectivity index (χ4n) is 3.08. The summed E-state index contributed by atoms with van der Waals surface area (Å²) in [4.78, 5) is 15.0. The van der Waals surface area contributed by atoms with Crippen molar-refractivity contribution < 1.29 is 13.2 Å². The summed E-state index contributed by atoms with van der Waals surface area (Å²) in [5.74, 6) is -0.151. The van der Waals surface area contributed by atoms with E-state index in [1.165, 1.54) is 12.1 Å². The standard InChI is InChI=1S/C22H23NO3S/c1-4-23(21-11-7-9-17-8-5-6-10-20(17)21)22(24)18-12-14-19(15-13-18)27(25,26)16(2)3/h5-16H,4H2,1-3H3. The number of rotatable bonds is 5. The number of carbonyl (C=O) groups is 1. The number of nitrogens with zero attached hydrogens (tertiary/aromatic N) is 1. The zero-order chi connectivity index (χ0) is 19.6. The van der Waals surface area contributed by atoms with Crippen molar-refractivity contribution in [1.82, 2.24) is 0 Å². The minimum absolute atomic E-state index is 0.151. The summed E-state index contributed by atoms with van der Waals surface area (Å²) in [5.41, 5.74) is 1.31. The minimum atomic E-state index is -3.35. The molecule has 140 valence electrons. The van der Waals surface area contributed by atoms with Gasteiger partial charge in [0.2, 0.25) is 0 Å². The molecule has 1 amide bonds. The molecule has 0 fully saturated rings. The monoisotopic (exact) mass is 381 g/mol. The molecule has 0 unspecified atom stereocenters. The molecule has 0 radical (unpaired) electrons. The van der Waals surface area contributed by atoms with Crippen LogP contribution >= 0.6 is 0 Å². The first-order valence-corrected chi connectivity index (χ1v) is 10.5. The largest absolute Gasteiger partial charge is 0.308 e. The molecule has 0 atom stereocenters. The summed E-state index contributed by atoms with van der Waals surface area (Å²) in [7, 11) is -3.35. The van der Waals surface area contributed by atoms with E-state index in [-0.39, 0.29) is 10.8 Å². The van der Waals surface area contributed by atoms with Crippen LogP contribution in [0.2, 0.25) is 0 Å². The Kier molecular flexibility index (Phi) is 5.33. The third-order valence-electron chi connectivity index (χ3n) is 4.67. The highest BCUT2D eigenvalue weighted by atomic mass is 32.2. The van der Waals surface area contributed by atoms with E-state index >= 15 is 0 Å². The maximum Gasteiger partial charge on any atom is 0.258 e. The van der Waals surface area contributed by atoms with Gasteiger partial charge >= 0.3 is 0 Å². The Morgan fingerprint density at radius 3 is 2.19 bits per heavy atom. The van der Waals surface area contributed by atoms with Crippen LogP contribution in [0.3, 0.4) is 0 Å². The fourth-order valence-corrected chi connectivity index (χ4v) is 4.14. The van der Waals surface area contributed by atoms with Crippen molar-refractivity contribution in [2.75, 3.05) is 11.4 Å². The Balaban J connectivity index is 1.98. The third-order valence-corrected chi connectivity index (χ3v) is 6.84. The average molecular weight is 381 g/mol. The van der Waals surface area contributed by atoms with Crippen molar-refractivity contribution in [2.24, 2.45) is 0 Å². The number of fused-ring (bicyclic) bond motifs is 1. The molecule has 0 bridgehead atoms. The van der Waals surface area contributed by atoms with Crippen molar-refractivity contribution in [3.8, 4) is 0 Å². The summed E-state index contributed by atoms with van der Waals surface area (Å²) >= 11 is 0. The maximum atomic E-state index is 13.1. The fraction of sp³-hybridized carbons (Fsp3) is 0.227. The number of sulfone groups is 1. The lowest BCUT2D eigenvalue weighted by Gasteiger charge is -2.23. The zero-order valence-corrected chi connectivity index (χ0v) is 16.5. The van der Waals surface area contributed by atoms with Gasteiger partial charge < -0.3 is 4.90 Å². The Morgan fingerprint density at radius 2 is 1.56 bits per heavy atom. The van der Waals surface area contributed by atoms with Crippen LogP contribution in [-0.4, -0.2) is 26.1 Å². The highest BCUT2D eigenvalue weighted by Crippen LogP contribution is 2.28. The van der Waals surface area contributed by atoms with Gasteiger partial charge in [-0.1, -0.05) is 36.4 Å². The van der Waals surface area contributed by atoms with E-state index in [9.17, 15) is 13.2 Å². The van der Waals surface area contributed by atoms with Gasteiger partial charge in [0.25, 0.3) is 5.91 Å². The first-order valence-electron chi connectivity index (χ1n) is 9.00. The molecule has 3 aromatic rings. The summed E-state index contributed by atoms with van der Waals surface area (Å²) < 4.78 is 24.6. The minimum Gasteiger partial charge on any atom is -0.308 e. The Bertz CT molecular complexity index is 1060. The highest BCUT2D eigenvalue weighted by Gasteiger charge is 2.21. The molecule has 5 heteroatoms.